The normalized spacial score (nSPS) is 14.5. The first-order chi connectivity index (χ1) is 8.81. The topological polar surface area (TPSA) is 64.3 Å². The van der Waals surface area contributed by atoms with Gasteiger partial charge in [0.05, 0.1) is 13.2 Å². The zero-order valence-electron chi connectivity index (χ0n) is 10.5. The van der Waals surface area contributed by atoms with Crippen LogP contribution in [0.3, 0.4) is 0 Å². The van der Waals surface area contributed by atoms with Crippen LogP contribution in [0.2, 0.25) is 0 Å². The third-order valence-corrected chi connectivity index (χ3v) is 3.23. The van der Waals surface area contributed by atoms with E-state index in [-0.39, 0.29) is 11.8 Å². The largest absolute Gasteiger partial charge is 0.378 e. The highest BCUT2D eigenvalue weighted by Gasteiger charge is 2.26. The fourth-order valence-electron chi connectivity index (χ4n) is 2.32. The lowest BCUT2D eigenvalue weighted by Gasteiger charge is -2.10. The summed E-state index contributed by atoms with van der Waals surface area (Å²) in [5.74, 6) is 0.208. The Labute approximate surface area is 108 Å². The van der Waals surface area contributed by atoms with Crippen molar-refractivity contribution in [1.29, 1.82) is 0 Å². The van der Waals surface area contributed by atoms with E-state index in [0.717, 1.165) is 12.8 Å². The Balaban J connectivity index is 1.72. The molecule has 0 spiro atoms. The molecule has 0 aromatic heterocycles. The molecule has 18 heavy (non-hydrogen) atoms. The molecular weight excluding hydrogens is 228 g/mol. The van der Waals surface area contributed by atoms with Crippen LogP contribution < -0.4 is 11.1 Å². The first-order valence-electron chi connectivity index (χ1n) is 6.43. The molecule has 0 saturated carbocycles. The Morgan fingerprint density at radius 2 is 1.94 bits per heavy atom. The first-order valence-corrected chi connectivity index (χ1v) is 6.43. The van der Waals surface area contributed by atoms with Crippen molar-refractivity contribution in [3.05, 3.63) is 35.4 Å². The van der Waals surface area contributed by atoms with Crippen LogP contribution in [0.5, 0.6) is 0 Å². The highest BCUT2D eigenvalue weighted by molar-refractivity contribution is 5.80. The van der Waals surface area contributed by atoms with Gasteiger partial charge >= 0.3 is 0 Å². The Morgan fingerprint density at radius 1 is 1.28 bits per heavy atom. The highest BCUT2D eigenvalue weighted by Crippen LogP contribution is 2.26. The van der Waals surface area contributed by atoms with Crippen molar-refractivity contribution in [2.45, 2.75) is 12.8 Å². The number of benzene rings is 1. The number of fused-ring (bicyclic) bond motifs is 1. The Bertz CT molecular complexity index is 382. The Kier molecular flexibility index (Phi) is 4.73. The van der Waals surface area contributed by atoms with E-state index in [4.69, 9.17) is 10.5 Å². The lowest BCUT2D eigenvalue weighted by atomic mass is 10.1. The van der Waals surface area contributed by atoms with Crippen LogP contribution in [0, 0.1) is 5.92 Å². The van der Waals surface area contributed by atoms with Gasteiger partial charge in [-0.2, -0.15) is 0 Å². The lowest BCUT2D eigenvalue weighted by Crippen LogP contribution is -2.33. The molecule has 0 heterocycles. The van der Waals surface area contributed by atoms with Crippen molar-refractivity contribution in [3.8, 4) is 0 Å². The maximum absolute atomic E-state index is 12.0. The predicted octanol–water partition coefficient (Wildman–Crippen LogP) is 0.493. The van der Waals surface area contributed by atoms with Crippen molar-refractivity contribution >= 4 is 5.91 Å². The van der Waals surface area contributed by atoms with Crippen LogP contribution in [0.1, 0.15) is 11.1 Å². The molecule has 1 aliphatic carbocycles. The number of ether oxygens (including phenoxy) is 1. The number of carbonyl (C=O) groups is 1. The van der Waals surface area contributed by atoms with Crippen LogP contribution >= 0.6 is 0 Å². The standard InChI is InChI=1S/C14H20N2O2/c15-5-7-18-8-6-16-14(17)13-9-11-3-1-2-4-12(11)10-13/h1-4,13H,5-10,15H2,(H,16,17). The molecule has 0 radical (unpaired) electrons. The highest BCUT2D eigenvalue weighted by atomic mass is 16.5. The number of hydrogen-bond donors (Lipinski definition) is 2. The average molecular weight is 248 g/mol. The summed E-state index contributed by atoms with van der Waals surface area (Å²) in [5, 5.41) is 2.91. The molecule has 0 unspecified atom stereocenters. The smallest absolute Gasteiger partial charge is 0.223 e. The molecule has 0 aliphatic heterocycles. The van der Waals surface area contributed by atoms with Gasteiger partial charge in [-0.1, -0.05) is 24.3 Å². The molecule has 0 bridgehead atoms. The van der Waals surface area contributed by atoms with Gasteiger partial charge < -0.3 is 15.8 Å². The van der Waals surface area contributed by atoms with Gasteiger partial charge in [0.25, 0.3) is 0 Å². The molecular formula is C14H20N2O2. The summed E-state index contributed by atoms with van der Waals surface area (Å²) in [4.78, 5) is 12.0. The molecule has 4 nitrogen and oxygen atoms in total. The van der Waals surface area contributed by atoms with E-state index in [1.165, 1.54) is 11.1 Å². The van der Waals surface area contributed by atoms with Crippen molar-refractivity contribution in [2.75, 3.05) is 26.3 Å². The number of hydrogen-bond acceptors (Lipinski definition) is 3. The predicted molar refractivity (Wildman–Crippen MR) is 70.2 cm³/mol. The number of nitrogens with two attached hydrogens (primary N) is 1. The minimum absolute atomic E-state index is 0.0805. The van der Waals surface area contributed by atoms with E-state index in [1.54, 1.807) is 0 Å². The van der Waals surface area contributed by atoms with E-state index in [0.29, 0.717) is 26.3 Å². The van der Waals surface area contributed by atoms with Crippen LogP contribution in [-0.2, 0) is 22.4 Å². The summed E-state index contributed by atoms with van der Waals surface area (Å²) in [6.45, 7) is 2.16. The van der Waals surface area contributed by atoms with Gasteiger partial charge in [0.1, 0.15) is 0 Å². The third kappa shape index (κ3) is 3.31. The molecule has 3 N–H and O–H groups in total. The van der Waals surface area contributed by atoms with E-state index in [2.05, 4.69) is 17.4 Å². The van der Waals surface area contributed by atoms with Gasteiger partial charge in [0.2, 0.25) is 5.91 Å². The van der Waals surface area contributed by atoms with Crippen molar-refractivity contribution in [3.63, 3.8) is 0 Å². The minimum Gasteiger partial charge on any atom is -0.378 e. The summed E-state index contributed by atoms with van der Waals surface area (Å²) >= 11 is 0. The third-order valence-electron chi connectivity index (χ3n) is 3.23. The molecule has 2 rings (SSSR count). The second-order valence-electron chi connectivity index (χ2n) is 4.57. The van der Waals surface area contributed by atoms with Gasteiger partial charge in [-0.25, -0.2) is 0 Å². The van der Waals surface area contributed by atoms with Crippen molar-refractivity contribution < 1.29 is 9.53 Å². The zero-order valence-corrected chi connectivity index (χ0v) is 10.5. The molecule has 1 aromatic carbocycles. The summed E-state index contributed by atoms with van der Waals surface area (Å²) in [5.41, 5.74) is 7.91. The van der Waals surface area contributed by atoms with Crippen LogP contribution in [0.15, 0.2) is 24.3 Å². The van der Waals surface area contributed by atoms with E-state index in [9.17, 15) is 4.79 Å². The van der Waals surface area contributed by atoms with Crippen molar-refractivity contribution in [1.82, 2.24) is 5.32 Å². The quantitative estimate of drug-likeness (QED) is 0.720. The van der Waals surface area contributed by atoms with Crippen LogP contribution in [-0.4, -0.2) is 32.2 Å². The molecule has 0 atom stereocenters. The minimum atomic E-state index is 0.0805. The first kappa shape index (κ1) is 13.1. The summed E-state index contributed by atoms with van der Waals surface area (Å²) in [7, 11) is 0. The molecule has 4 heteroatoms. The number of rotatable bonds is 6. The average Bonchev–Trinajstić information content (AvgIpc) is 2.82. The summed E-state index contributed by atoms with van der Waals surface area (Å²) < 4.78 is 5.22. The summed E-state index contributed by atoms with van der Waals surface area (Å²) in [6, 6.07) is 8.26. The molecule has 1 aliphatic rings. The van der Waals surface area contributed by atoms with E-state index < -0.39 is 0 Å². The number of nitrogens with one attached hydrogen (secondary N) is 1. The number of carbonyl (C=O) groups excluding carboxylic acids is 1. The molecule has 1 aromatic rings. The Hall–Kier alpha value is -1.39. The van der Waals surface area contributed by atoms with Crippen molar-refractivity contribution in [2.24, 2.45) is 11.7 Å². The molecule has 1 amide bonds. The van der Waals surface area contributed by atoms with Crippen LogP contribution in [0.25, 0.3) is 0 Å². The molecule has 98 valence electrons. The SMILES string of the molecule is NCCOCCNC(=O)C1Cc2ccccc2C1. The maximum atomic E-state index is 12.0. The fourth-order valence-corrected chi connectivity index (χ4v) is 2.32. The molecule has 0 fully saturated rings. The maximum Gasteiger partial charge on any atom is 0.223 e. The van der Waals surface area contributed by atoms with E-state index >= 15 is 0 Å². The van der Waals surface area contributed by atoms with Gasteiger partial charge in [-0.3, -0.25) is 4.79 Å². The van der Waals surface area contributed by atoms with E-state index in [1.807, 2.05) is 12.1 Å². The Morgan fingerprint density at radius 3 is 2.56 bits per heavy atom. The second kappa shape index (κ2) is 6.52. The number of amides is 1. The van der Waals surface area contributed by atoms with Gasteiger partial charge in [0, 0.05) is 19.0 Å². The zero-order chi connectivity index (χ0) is 12.8. The fraction of sp³-hybridized carbons (Fsp3) is 0.500. The van der Waals surface area contributed by atoms with Crippen LogP contribution in [0.4, 0.5) is 0 Å². The summed E-state index contributed by atoms with van der Waals surface area (Å²) in [6.07, 6.45) is 1.71. The second-order valence-corrected chi connectivity index (χ2v) is 4.57. The van der Waals surface area contributed by atoms with Gasteiger partial charge in [-0.05, 0) is 24.0 Å². The van der Waals surface area contributed by atoms with Gasteiger partial charge in [-0.15, -0.1) is 0 Å². The molecule has 0 saturated heterocycles. The monoisotopic (exact) mass is 248 g/mol. The lowest BCUT2D eigenvalue weighted by molar-refractivity contribution is -0.124. The van der Waals surface area contributed by atoms with Gasteiger partial charge in [0.15, 0.2) is 0 Å².